The topological polar surface area (TPSA) is 113 Å². The molecule has 10 heteroatoms. The Kier molecular flexibility index (Phi) is 5.57. The Labute approximate surface area is 185 Å². The highest BCUT2D eigenvalue weighted by molar-refractivity contribution is 7.94. The molecule has 0 N–H and O–H groups in total. The van der Waals surface area contributed by atoms with Crippen LogP contribution in [0.3, 0.4) is 0 Å². The number of para-hydroxylation sites is 2. The maximum Gasteiger partial charge on any atom is 0.226 e. The molecule has 0 unspecified atom stereocenters. The van der Waals surface area contributed by atoms with E-state index in [1.54, 1.807) is 24.3 Å². The van der Waals surface area contributed by atoms with Gasteiger partial charge >= 0.3 is 0 Å². The van der Waals surface area contributed by atoms with Crippen LogP contribution in [0.5, 0.6) is 11.5 Å². The van der Waals surface area contributed by atoms with Gasteiger partial charge in [0.1, 0.15) is 11.5 Å². The van der Waals surface area contributed by atoms with E-state index in [0.29, 0.717) is 11.5 Å². The summed E-state index contributed by atoms with van der Waals surface area (Å²) in [5.41, 5.74) is 0.515. The van der Waals surface area contributed by atoms with Crippen LogP contribution >= 0.6 is 0 Å². The molecule has 4 aromatic rings. The van der Waals surface area contributed by atoms with E-state index in [-0.39, 0.29) is 20.8 Å². The Morgan fingerprint density at radius 2 is 0.906 bits per heavy atom. The average Bonchev–Trinajstić information content (AvgIpc) is 2.83. The second-order valence-electron chi connectivity index (χ2n) is 6.68. The Morgan fingerprint density at radius 3 is 1.22 bits per heavy atom. The maximum absolute atomic E-state index is 13.4. The second kappa shape index (κ2) is 8.21. The van der Waals surface area contributed by atoms with Crippen LogP contribution < -0.4 is 9.47 Å². The molecular weight excluding hydrogens is 452 g/mol. The van der Waals surface area contributed by atoms with E-state index in [9.17, 15) is 16.8 Å². The van der Waals surface area contributed by atoms with Crippen LogP contribution in [0.25, 0.3) is 11.0 Å². The molecule has 0 fully saturated rings. The van der Waals surface area contributed by atoms with Gasteiger partial charge in [-0.1, -0.05) is 12.1 Å². The zero-order chi connectivity index (χ0) is 22.9. The minimum Gasteiger partial charge on any atom is -0.497 e. The van der Waals surface area contributed by atoms with Crippen LogP contribution in [0.15, 0.2) is 92.6 Å². The van der Waals surface area contributed by atoms with Gasteiger partial charge in [-0.15, -0.1) is 0 Å². The maximum atomic E-state index is 13.4. The predicted octanol–water partition coefficient (Wildman–Crippen LogP) is 3.31. The first-order valence-electron chi connectivity index (χ1n) is 9.32. The number of fused-ring (bicyclic) bond motifs is 1. The number of rotatable bonds is 6. The summed E-state index contributed by atoms with van der Waals surface area (Å²) in [5, 5.41) is -1.28. The third-order valence-corrected chi connectivity index (χ3v) is 8.26. The van der Waals surface area contributed by atoms with Crippen LogP contribution in [0.4, 0.5) is 0 Å². The van der Waals surface area contributed by atoms with Crippen molar-refractivity contribution >= 4 is 30.7 Å². The quantitative estimate of drug-likeness (QED) is 0.422. The van der Waals surface area contributed by atoms with E-state index in [2.05, 4.69) is 9.97 Å². The van der Waals surface area contributed by atoms with Crippen molar-refractivity contribution in [1.82, 2.24) is 9.97 Å². The molecule has 4 rings (SSSR count). The number of ether oxygens (including phenoxy) is 2. The first-order chi connectivity index (χ1) is 15.3. The number of hydrogen-bond acceptors (Lipinski definition) is 8. The van der Waals surface area contributed by atoms with Crippen LogP contribution in [0.2, 0.25) is 0 Å². The van der Waals surface area contributed by atoms with Crippen molar-refractivity contribution in [1.29, 1.82) is 0 Å². The van der Waals surface area contributed by atoms with E-state index >= 15 is 0 Å². The minimum absolute atomic E-state index is 0.130. The molecule has 0 aliphatic carbocycles. The summed E-state index contributed by atoms with van der Waals surface area (Å²) in [6.45, 7) is 0. The van der Waals surface area contributed by atoms with Gasteiger partial charge < -0.3 is 9.47 Å². The summed E-state index contributed by atoms with van der Waals surface area (Å²) in [7, 11) is -5.73. The van der Waals surface area contributed by atoms with Gasteiger partial charge in [0.05, 0.1) is 35.0 Å². The molecule has 1 heterocycles. The van der Waals surface area contributed by atoms with Crippen molar-refractivity contribution in [3.8, 4) is 11.5 Å². The first kappa shape index (κ1) is 21.7. The highest BCUT2D eigenvalue weighted by Gasteiger charge is 2.33. The highest BCUT2D eigenvalue weighted by Crippen LogP contribution is 2.31. The summed E-state index contributed by atoms with van der Waals surface area (Å²) >= 11 is 0. The number of nitrogens with zero attached hydrogens (tertiary/aromatic N) is 2. The van der Waals surface area contributed by atoms with Gasteiger partial charge in [-0.3, -0.25) is 0 Å². The highest BCUT2D eigenvalue weighted by atomic mass is 32.2. The zero-order valence-electron chi connectivity index (χ0n) is 17.1. The third-order valence-electron chi connectivity index (χ3n) is 4.76. The summed E-state index contributed by atoms with van der Waals surface area (Å²) in [4.78, 5) is 8.15. The van der Waals surface area contributed by atoms with E-state index in [1.807, 2.05) is 0 Å². The van der Waals surface area contributed by atoms with E-state index in [4.69, 9.17) is 9.47 Å². The van der Waals surface area contributed by atoms with E-state index in [0.717, 1.165) is 0 Å². The molecule has 0 aliphatic heterocycles. The number of benzene rings is 3. The van der Waals surface area contributed by atoms with Crippen molar-refractivity contribution in [2.75, 3.05) is 14.2 Å². The Balaban J connectivity index is 1.98. The summed E-state index contributed by atoms with van der Waals surface area (Å²) < 4.78 is 63.9. The lowest BCUT2D eigenvalue weighted by atomic mass is 10.3. The lowest BCUT2D eigenvalue weighted by molar-refractivity contribution is 0.414. The van der Waals surface area contributed by atoms with Gasteiger partial charge in [0.15, 0.2) is 10.1 Å². The molecule has 1 aromatic heterocycles. The normalized spacial score (nSPS) is 11.9. The van der Waals surface area contributed by atoms with Crippen LogP contribution in [-0.4, -0.2) is 41.0 Å². The minimum atomic E-state index is -4.32. The fourth-order valence-electron chi connectivity index (χ4n) is 3.05. The van der Waals surface area contributed by atoms with Gasteiger partial charge in [0.25, 0.3) is 0 Å². The third kappa shape index (κ3) is 3.78. The summed E-state index contributed by atoms with van der Waals surface area (Å²) in [5.74, 6) is 0.916. The zero-order valence-corrected chi connectivity index (χ0v) is 18.7. The van der Waals surface area contributed by atoms with Crippen molar-refractivity contribution in [3.05, 3.63) is 72.8 Å². The molecule has 32 heavy (non-hydrogen) atoms. The fourth-order valence-corrected chi connectivity index (χ4v) is 6.13. The molecule has 0 saturated carbocycles. The van der Waals surface area contributed by atoms with Crippen molar-refractivity contribution in [2.24, 2.45) is 0 Å². The van der Waals surface area contributed by atoms with Crippen molar-refractivity contribution < 1.29 is 26.3 Å². The molecule has 8 nitrogen and oxygen atoms in total. The second-order valence-corrected chi connectivity index (χ2v) is 10.4. The lowest BCUT2D eigenvalue weighted by Crippen LogP contribution is -2.15. The van der Waals surface area contributed by atoms with Crippen molar-refractivity contribution in [2.45, 2.75) is 19.8 Å². The Morgan fingerprint density at radius 1 is 0.562 bits per heavy atom. The van der Waals surface area contributed by atoms with Crippen LogP contribution in [-0.2, 0) is 19.7 Å². The van der Waals surface area contributed by atoms with Gasteiger partial charge in [0.2, 0.25) is 19.7 Å². The summed E-state index contributed by atoms with van der Waals surface area (Å²) in [6, 6.07) is 17.7. The monoisotopic (exact) mass is 470 g/mol. The van der Waals surface area contributed by atoms with Crippen LogP contribution in [0, 0.1) is 0 Å². The molecule has 0 amide bonds. The lowest BCUT2D eigenvalue weighted by Gasteiger charge is -2.12. The number of aromatic nitrogens is 2. The molecule has 0 atom stereocenters. The SMILES string of the molecule is COc1ccc(S(=O)(=O)c2nc3ccccc3nc2S(=O)(=O)c2ccc(OC)cc2)cc1. The fraction of sp³-hybridized carbons (Fsp3) is 0.0909. The van der Waals surface area contributed by atoms with Crippen molar-refractivity contribution in [3.63, 3.8) is 0 Å². The standard InChI is InChI=1S/C22H18N2O6S2/c1-29-15-7-11-17(12-8-15)31(25,26)21-22(24-20-6-4-3-5-19(20)23-21)32(27,28)18-13-9-16(30-2)10-14-18/h3-14H,1-2H3. The molecule has 0 bridgehead atoms. The molecule has 0 spiro atoms. The van der Waals surface area contributed by atoms with Crippen LogP contribution in [0.1, 0.15) is 0 Å². The van der Waals surface area contributed by atoms with Gasteiger partial charge in [-0.25, -0.2) is 26.8 Å². The van der Waals surface area contributed by atoms with E-state index in [1.165, 1.54) is 62.8 Å². The molecule has 0 saturated heterocycles. The molecule has 3 aromatic carbocycles. The van der Waals surface area contributed by atoms with Gasteiger partial charge in [-0.2, -0.15) is 0 Å². The Bertz CT molecular complexity index is 1380. The van der Waals surface area contributed by atoms with E-state index < -0.39 is 29.7 Å². The number of hydrogen-bond donors (Lipinski definition) is 0. The predicted molar refractivity (Wildman–Crippen MR) is 116 cm³/mol. The molecule has 0 radical (unpaired) electrons. The largest absolute Gasteiger partial charge is 0.497 e. The smallest absolute Gasteiger partial charge is 0.226 e. The van der Waals surface area contributed by atoms with Gasteiger partial charge in [0, 0.05) is 0 Å². The average molecular weight is 471 g/mol. The number of sulfone groups is 2. The first-order valence-corrected chi connectivity index (χ1v) is 12.3. The van der Waals surface area contributed by atoms with Gasteiger partial charge in [-0.05, 0) is 60.7 Å². The number of methoxy groups -OCH3 is 2. The molecule has 164 valence electrons. The molecule has 0 aliphatic rings. The molecular formula is C22H18N2O6S2. The summed E-state index contributed by atoms with van der Waals surface area (Å²) in [6.07, 6.45) is 0. The Hall–Kier alpha value is -3.50.